The van der Waals surface area contributed by atoms with Crippen LogP contribution in [0.4, 0.5) is 0 Å². The summed E-state index contributed by atoms with van der Waals surface area (Å²) in [6.07, 6.45) is 6.25. The highest BCUT2D eigenvalue weighted by molar-refractivity contribution is 5.78. The number of amides is 1. The van der Waals surface area contributed by atoms with E-state index in [2.05, 4.69) is 31.8 Å². The van der Waals surface area contributed by atoms with Crippen LogP contribution in [-0.4, -0.2) is 77.7 Å². The van der Waals surface area contributed by atoms with E-state index in [1.807, 2.05) is 18.2 Å². The minimum Gasteiger partial charge on any atom is -0.454 e. The van der Waals surface area contributed by atoms with Crippen molar-refractivity contribution in [3.8, 4) is 11.5 Å². The zero-order chi connectivity index (χ0) is 21.0. The molecule has 1 aromatic heterocycles. The Bertz CT molecular complexity index is 899. The molecule has 0 bridgehead atoms. The molecule has 31 heavy (non-hydrogen) atoms. The van der Waals surface area contributed by atoms with Crippen LogP contribution < -0.4 is 9.47 Å². The van der Waals surface area contributed by atoms with Crippen LogP contribution in [0.5, 0.6) is 11.5 Å². The van der Waals surface area contributed by atoms with Gasteiger partial charge in [0, 0.05) is 64.2 Å². The van der Waals surface area contributed by atoms with Crippen molar-refractivity contribution >= 4 is 5.91 Å². The van der Waals surface area contributed by atoms with Gasteiger partial charge in [-0.2, -0.15) is 0 Å². The van der Waals surface area contributed by atoms with Gasteiger partial charge in [-0.25, -0.2) is 0 Å². The molecule has 0 spiro atoms. The van der Waals surface area contributed by atoms with Gasteiger partial charge >= 0.3 is 0 Å². The van der Waals surface area contributed by atoms with Crippen LogP contribution in [0.1, 0.15) is 24.0 Å². The molecule has 2 fully saturated rings. The Kier molecular flexibility index (Phi) is 6.04. The molecule has 7 heteroatoms. The first kappa shape index (κ1) is 20.3. The molecule has 0 radical (unpaired) electrons. The Morgan fingerprint density at radius 2 is 1.90 bits per heavy atom. The second-order valence-electron chi connectivity index (χ2n) is 8.67. The van der Waals surface area contributed by atoms with Crippen LogP contribution in [0, 0.1) is 0 Å². The Balaban J connectivity index is 1.11. The lowest BCUT2D eigenvalue weighted by Crippen LogP contribution is -2.55. The van der Waals surface area contributed by atoms with Crippen molar-refractivity contribution in [2.75, 3.05) is 46.1 Å². The van der Waals surface area contributed by atoms with Gasteiger partial charge in [-0.15, -0.1) is 0 Å². The van der Waals surface area contributed by atoms with Gasteiger partial charge in [-0.1, -0.05) is 12.1 Å². The normalized spacial score (nSPS) is 21.9. The van der Waals surface area contributed by atoms with Crippen molar-refractivity contribution in [1.29, 1.82) is 0 Å². The first-order valence-electron chi connectivity index (χ1n) is 11.3. The third-order valence-electron chi connectivity index (χ3n) is 6.59. The second-order valence-corrected chi connectivity index (χ2v) is 8.67. The highest BCUT2D eigenvalue weighted by Gasteiger charge is 2.30. The summed E-state index contributed by atoms with van der Waals surface area (Å²) >= 11 is 0. The van der Waals surface area contributed by atoms with Gasteiger partial charge in [0.05, 0.1) is 6.42 Å². The van der Waals surface area contributed by atoms with Crippen molar-refractivity contribution in [3.05, 3.63) is 53.9 Å². The Labute approximate surface area is 183 Å². The molecule has 3 aliphatic heterocycles. The number of benzene rings is 1. The molecule has 2 aromatic rings. The average Bonchev–Trinajstić information content (AvgIpc) is 3.28. The van der Waals surface area contributed by atoms with Crippen LogP contribution in [-0.2, 0) is 17.8 Å². The summed E-state index contributed by atoms with van der Waals surface area (Å²) in [6.45, 7) is 7.19. The fourth-order valence-corrected chi connectivity index (χ4v) is 4.85. The van der Waals surface area contributed by atoms with Crippen LogP contribution >= 0.6 is 0 Å². The van der Waals surface area contributed by atoms with E-state index in [0.717, 1.165) is 69.3 Å². The molecule has 3 aliphatic rings. The van der Waals surface area contributed by atoms with E-state index in [0.29, 0.717) is 19.3 Å². The predicted octanol–water partition coefficient (Wildman–Crippen LogP) is 2.16. The standard InChI is InChI=1S/C24H30N4O3/c29-24(14-19-3-1-7-25-15-19)28-8-2-4-21(17-28)27-11-9-26(10-12-27)16-20-5-6-22-23(13-20)31-18-30-22/h1,3,5-7,13,15,21H,2,4,8-12,14,16-18H2/t21-/m0/s1. The van der Waals surface area contributed by atoms with Gasteiger partial charge in [0.25, 0.3) is 0 Å². The molecule has 1 amide bonds. The summed E-state index contributed by atoms with van der Waals surface area (Å²) < 4.78 is 10.9. The highest BCUT2D eigenvalue weighted by Crippen LogP contribution is 2.33. The van der Waals surface area contributed by atoms with Crippen molar-refractivity contribution in [2.24, 2.45) is 0 Å². The highest BCUT2D eigenvalue weighted by atomic mass is 16.7. The third kappa shape index (κ3) is 4.83. The molecule has 5 rings (SSSR count). The van der Waals surface area contributed by atoms with Gasteiger partial charge < -0.3 is 14.4 Å². The molecule has 1 atom stereocenters. The molecular weight excluding hydrogens is 392 g/mol. The topological polar surface area (TPSA) is 58.1 Å². The number of nitrogens with zero attached hydrogens (tertiary/aromatic N) is 4. The average molecular weight is 423 g/mol. The number of ether oxygens (including phenoxy) is 2. The van der Waals surface area contributed by atoms with Crippen molar-refractivity contribution in [1.82, 2.24) is 19.7 Å². The molecule has 0 saturated carbocycles. The van der Waals surface area contributed by atoms with Gasteiger partial charge in [0.2, 0.25) is 12.7 Å². The largest absolute Gasteiger partial charge is 0.454 e. The number of likely N-dealkylation sites (tertiary alicyclic amines) is 1. The third-order valence-corrected chi connectivity index (χ3v) is 6.59. The van der Waals surface area contributed by atoms with Crippen LogP contribution in [0.15, 0.2) is 42.7 Å². The van der Waals surface area contributed by atoms with Crippen molar-refractivity contribution in [3.63, 3.8) is 0 Å². The first-order chi connectivity index (χ1) is 15.2. The van der Waals surface area contributed by atoms with Gasteiger partial charge in [-0.3, -0.25) is 19.6 Å². The second kappa shape index (κ2) is 9.24. The molecule has 164 valence electrons. The lowest BCUT2D eigenvalue weighted by atomic mass is 10.0. The Morgan fingerprint density at radius 1 is 1.03 bits per heavy atom. The number of aromatic nitrogens is 1. The van der Waals surface area contributed by atoms with Crippen LogP contribution in [0.3, 0.4) is 0 Å². The zero-order valence-electron chi connectivity index (χ0n) is 17.9. The molecule has 0 unspecified atom stereocenters. The zero-order valence-corrected chi connectivity index (χ0v) is 17.9. The lowest BCUT2D eigenvalue weighted by Gasteiger charge is -2.43. The summed E-state index contributed by atoms with van der Waals surface area (Å²) in [5.74, 6) is 1.92. The van der Waals surface area contributed by atoms with E-state index < -0.39 is 0 Å². The number of piperazine rings is 1. The molecule has 2 saturated heterocycles. The number of rotatable bonds is 5. The number of carbonyl (C=O) groups excluding carboxylic acids is 1. The maximum absolute atomic E-state index is 12.8. The summed E-state index contributed by atoms with van der Waals surface area (Å²) in [5, 5.41) is 0. The minimum absolute atomic E-state index is 0.221. The maximum atomic E-state index is 12.8. The molecule has 7 nitrogen and oxygen atoms in total. The number of fused-ring (bicyclic) bond motifs is 1. The fourth-order valence-electron chi connectivity index (χ4n) is 4.85. The van der Waals surface area contributed by atoms with E-state index in [1.165, 1.54) is 12.0 Å². The molecule has 0 aliphatic carbocycles. The molecule has 0 N–H and O–H groups in total. The fraction of sp³-hybridized carbons (Fsp3) is 0.500. The van der Waals surface area contributed by atoms with Gasteiger partial charge in [0.1, 0.15) is 0 Å². The van der Waals surface area contributed by atoms with Gasteiger partial charge in [-0.05, 0) is 42.2 Å². The van der Waals surface area contributed by atoms with E-state index >= 15 is 0 Å². The van der Waals surface area contributed by atoms with E-state index in [9.17, 15) is 4.79 Å². The minimum atomic E-state index is 0.221. The molecular formula is C24H30N4O3. The summed E-state index contributed by atoms with van der Waals surface area (Å²) in [7, 11) is 0. The number of piperidine rings is 1. The molecule has 4 heterocycles. The number of pyridine rings is 1. The van der Waals surface area contributed by atoms with E-state index in [1.54, 1.807) is 12.4 Å². The van der Waals surface area contributed by atoms with Crippen LogP contribution in [0.2, 0.25) is 0 Å². The summed E-state index contributed by atoms with van der Waals surface area (Å²) in [5.41, 5.74) is 2.26. The van der Waals surface area contributed by atoms with Crippen LogP contribution in [0.25, 0.3) is 0 Å². The quantitative estimate of drug-likeness (QED) is 0.736. The summed E-state index contributed by atoms with van der Waals surface area (Å²) in [6, 6.07) is 10.6. The number of hydrogen-bond acceptors (Lipinski definition) is 6. The van der Waals surface area contributed by atoms with Crippen molar-refractivity contribution < 1.29 is 14.3 Å². The predicted molar refractivity (Wildman–Crippen MR) is 117 cm³/mol. The SMILES string of the molecule is O=C(Cc1cccnc1)N1CCC[C@H](N2CCN(Cc3ccc4c(c3)OCO4)CC2)C1. The first-order valence-corrected chi connectivity index (χ1v) is 11.3. The molecule has 1 aromatic carbocycles. The smallest absolute Gasteiger partial charge is 0.231 e. The summed E-state index contributed by atoms with van der Waals surface area (Å²) in [4.78, 5) is 24.1. The Hall–Kier alpha value is -2.64. The maximum Gasteiger partial charge on any atom is 0.231 e. The Morgan fingerprint density at radius 3 is 2.74 bits per heavy atom. The number of hydrogen-bond donors (Lipinski definition) is 0. The van der Waals surface area contributed by atoms with E-state index in [4.69, 9.17) is 9.47 Å². The monoisotopic (exact) mass is 422 g/mol. The van der Waals surface area contributed by atoms with E-state index in [-0.39, 0.29) is 5.91 Å². The van der Waals surface area contributed by atoms with Gasteiger partial charge in [0.15, 0.2) is 11.5 Å². The van der Waals surface area contributed by atoms with Crippen molar-refractivity contribution in [2.45, 2.75) is 31.8 Å². The lowest BCUT2D eigenvalue weighted by molar-refractivity contribution is -0.132. The number of carbonyl (C=O) groups is 1.